The Kier molecular flexibility index (Phi) is 6.98. The van der Waals surface area contributed by atoms with Gasteiger partial charge >= 0.3 is 0 Å². The first-order valence-electron chi connectivity index (χ1n) is 6.44. The summed E-state index contributed by atoms with van der Waals surface area (Å²) < 4.78 is 0. The van der Waals surface area contributed by atoms with Crippen molar-refractivity contribution in [2.24, 2.45) is 0 Å². The summed E-state index contributed by atoms with van der Waals surface area (Å²) in [6.45, 7) is 1.53. The maximum Gasteiger partial charge on any atom is 0.239 e. The van der Waals surface area contributed by atoms with Gasteiger partial charge in [-0.3, -0.25) is 9.59 Å². The van der Waals surface area contributed by atoms with Crippen LogP contribution in [0.3, 0.4) is 0 Å². The molecule has 5 nitrogen and oxygen atoms in total. The minimum absolute atomic E-state index is 0. The van der Waals surface area contributed by atoms with E-state index in [0.717, 1.165) is 24.3 Å². The zero-order valence-corrected chi connectivity index (χ0v) is 13.1. The van der Waals surface area contributed by atoms with Gasteiger partial charge in [0.2, 0.25) is 11.8 Å². The van der Waals surface area contributed by atoms with Gasteiger partial charge in [0.25, 0.3) is 0 Å². The van der Waals surface area contributed by atoms with Gasteiger partial charge < -0.3 is 15.5 Å². The van der Waals surface area contributed by atoms with Gasteiger partial charge in [-0.2, -0.15) is 0 Å². The Hall–Kier alpha value is -1.11. The van der Waals surface area contributed by atoms with E-state index in [0.29, 0.717) is 6.54 Å². The molecule has 0 radical (unpaired) electrons. The van der Waals surface area contributed by atoms with Crippen molar-refractivity contribution in [1.29, 1.82) is 0 Å². The molecular formula is C13H20ClN3O2S. The summed E-state index contributed by atoms with van der Waals surface area (Å²) in [5.74, 6) is -0.119. The zero-order chi connectivity index (χ0) is 13.7. The number of nitrogens with zero attached hydrogens (tertiary/aromatic N) is 1. The highest BCUT2D eigenvalue weighted by Gasteiger charge is 2.25. The maximum atomic E-state index is 12.0. The zero-order valence-electron chi connectivity index (χ0n) is 11.4. The van der Waals surface area contributed by atoms with Crippen LogP contribution in [-0.2, 0) is 16.1 Å². The Bertz CT molecular complexity index is 433. The fraction of sp³-hybridized carbons (Fsp3) is 0.538. The summed E-state index contributed by atoms with van der Waals surface area (Å²) in [6.07, 6.45) is 1.88. The number of carbonyl (C=O) groups is 2. The van der Waals surface area contributed by atoms with E-state index in [-0.39, 0.29) is 36.8 Å². The monoisotopic (exact) mass is 317 g/mol. The van der Waals surface area contributed by atoms with Crippen LogP contribution >= 0.6 is 23.7 Å². The molecule has 2 N–H and O–H groups in total. The van der Waals surface area contributed by atoms with Gasteiger partial charge in [-0.25, -0.2) is 0 Å². The molecule has 2 amide bonds. The number of amides is 2. The fourth-order valence-electron chi connectivity index (χ4n) is 2.11. The topological polar surface area (TPSA) is 61.4 Å². The van der Waals surface area contributed by atoms with E-state index in [9.17, 15) is 9.59 Å². The minimum Gasteiger partial charge on any atom is -0.350 e. The Morgan fingerprint density at radius 3 is 2.95 bits per heavy atom. The van der Waals surface area contributed by atoms with Gasteiger partial charge in [0.15, 0.2) is 0 Å². The highest BCUT2D eigenvalue weighted by Crippen LogP contribution is 2.08. The summed E-state index contributed by atoms with van der Waals surface area (Å²) in [7, 11) is 1.67. The van der Waals surface area contributed by atoms with Crippen LogP contribution in [-0.4, -0.2) is 42.9 Å². The lowest BCUT2D eigenvalue weighted by Crippen LogP contribution is -2.45. The Balaban J connectivity index is 0.00000200. The number of halogens is 1. The Morgan fingerprint density at radius 1 is 1.55 bits per heavy atom. The van der Waals surface area contributed by atoms with Gasteiger partial charge in [0, 0.05) is 11.9 Å². The molecule has 1 unspecified atom stereocenters. The number of hydrogen-bond donors (Lipinski definition) is 2. The molecular weight excluding hydrogens is 298 g/mol. The third-order valence-corrected chi connectivity index (χ3v) is 4.03. The molecule has 0 aromatic carbocycles. The molecule has 0 saturated carbocycles. The molecule has 1 aliphatic heterocycles. The first kappa shape index (κ1) is 16.9. The molecule has 1 saturated heterocycles. The molecule has 0 spiro atoms. The summed E-state index contributed by atoms with van der Waals surface area (Å²) in [6, 6.07) is 3.81. The highest BCUT2D eigenvalue weighted by molar-refractivity contribution is 7.09. The van der Waals surface area contributed by atoms with Crippen molar-refractivity contribution >= 4 is 35.6 Å². The smallest absolute Gasteiger partial charge is 0.239 e. The lowest BCUT2D eigenvalue weighted by molar-refractivity contribution is -0.136. The van der Waals surface area contributed by atoms with Crippen LogP contribution in [0.25, 0.3) is 0 Å². The first-order valence-corrected chi connectivity index (χ1v) is 7.32. The highest BCUT2D eigenvalue weighted by atomic mass is 35.5. The Morgan fingerprint density at radius 2 is 2.35 bits per heavy atom. The normalized spacial score (nSPS) is 17.4. The molecule has 1 atom stereocenters. The number of rotatable bonds is 5. The van der Waals surface area contributed by atoms with Crippen LogP contribution in [0.4, 0.5) is 0 Å². The number of nitrogens with one attached hydrogen (secondary N) is 2. The van der Waals surface area contributed by atoms with Crippen LogP contribution < -0.4 is 10.6 Å². The molecule has 20 heavy (non-hydrogen) atoms. The number of hydrogen-bond acceptors (Lipinski definition) is 4. The van der Waals surface area contributed by atoms with Crippen molar-refractivity contribution in [3.8, 4) is 0 Å². The predicted octanol–water partition coefficient (Wildman–Crippen LogP) is 0.996. The summed E-state index contributed by atoms with van der Waals surface area (Å²) >= 11 is 1.61. The van der Waals surface area contributed by atoms with Gasteiger partial charge in [-0.05, 0) is 30.8 Å². The number of carbonyl (C=O) groups excluding carboxylic acids is 2. The summed E-state index contributed by atoms with van der Waals surface area (Å²) in [4.78, 5) is 26.4. The molecule has 1 aromatic heterocycles. The van der Waals surface area contributed by atoms with Crippen molar-refractivity contribution in [3.05, 3.63) is 22.4 Å². The molecule has 0 bridgehead atoms. The number of thiophene rings is 1. The van der Waals surface area contributed by atoms with Crippen LogP contribution in [0.5, 0.6) is 0 Å². The lowest BCUT2D eigenvalue weighted by atomic mass is 10.2. The van der Waals surface area contributed by atoms with Gasteiger partial charge in [-0.15, -0.1) is 23.7 Å². The first-order chi connectivity index (χ1) is 9.16. The van der Waals surface area contributed by atoms with Crippen molar-refractivity contribution in [2.75, 3.05) is 20.1 Å². The van der Waals surface area contributed by atoms with Crippen molar-refractivity contribution < 1.29 is 9.59 Å². The SMILES string of the molecule is CN(CC(=O)NCc1cccs1)C(=O)C1CCCN1.Cl. The average Bonchev–Trinajstić information content (AvgIpc) is 3.08. The summed E-state index contributed by atoms with van der Waals surface area (Å²) in [5, 5.41) is 7.94. The average molecular weight is 318 g/mol. The molecule has 2 heterocycles. The predicted molar refractivity (Wildman–Crippen MR) is 82.1 cm³/mol. The molecule has 0 aliphatic carbocycles. The maximum absolute atomic E-state index is 12.0. The molecule has 1 aliphatic rings. The molecule has 7 heteroatoms. The van der Waals surface area contributed by atoms with Crippen LogP contribution in [0, 0.1) is 0 Å². The van der Waals surface area contributed by atoms with E-state index in [1.165, 1.54) is 4.90 Å². The van der Waals surface area contributed by atoms with Crippen molar-refractivity contribution in [2.45, 2.75) is 25.4 Å². The Labute approximate surface area is 129 Å². The molecule has 112 valence electrons. The molecule has 1 aromatic rings. The van der Waals surface area contributed by atoms with Crippen LogP contribution in [0.1, 0.15) is 17.7 Å². The van der Waals surface area contributed by atoms with E-state index in [1.54, 1.807) is 18.4 Å². The van der Waals surface area contributed by atoms with Gasteiger partial charge in [0.1, 0.15) is 0 Å². The van der Waals surface area contributed by atoms with E-state index in [2.05, 4.69) is 10.6 Å². The lowest BCUT2D eigenvalue weighted by Gasteiger charge is -2.20. The summed E-state index contributed by atoms with van der Waals surface area (Å²) in [5.41, 5.74) is 0. The van der Waals surface area contributed by atoms with E-state index in [4.69, 9.17) is 0 Å². The number of likely N-dealkylation sites (N-methyl/N-ethyl adjacent to an activating group) is 1. The second kappa shape index (κ2) is 8.24. The fourth-order valence-corrected chi connectivity index (χ4v) is 2.75. The second-order valence-electron chi connectivity index (χ2n) is 4.70. The van der Waals surface area contributed by atoms with Crippen LogP contribution in [0.15, 0.2) is 17.5 Å². The van der Waals surface area contributed by atoms with E-state index in [1.807, 2.05) is 17.5 Å². The standard InChI is InChI=1S/C13H19N3O2S.ClH/c1-16(13(18)11-5-2-6-14-11)9-12(17)15-8-10-4-3-7-19-10;/h3-4,7,11,14H,2,5-6,8-9H2,1H3,(H,15,17);1H. The van der Waals surface area contributed by atoms with Crippen LogP contribution in [0.2, 0.25) is 0 Å². The van der Waals surface area contributed by atoms with Gasteiger partial charge in [0.05, 0.1) is 19.1 Å². The minimum atomic E-state index is -0.123. The van der Waals surface area contributed by atoms with Crippen molar-refractivity contribution in [1.82, 2.24) is 15.5 Å². The molecule has 2 rings (SSSR count). The van der Waals surface area contributed by atoms with E-state index < -0.39 is 0 Å². The van der Waals surface area contributed by atoms with Crippen molar-refractivity contribution in [3.63, 3.8) is 0 Å². The third kappa shape index (κ3) is 4.77. The molecule has 1 fully saturated rings. The van der Waals surface area contributed by atoms with E-state index >= 15 is 0 Å². The largest absolute Gasteiger partial charge is 0.350 e. The third-order valence-electron chi connectivity index (χ3n) is 3.16. The second-order valence-corrected chi connectivity index (χ2v) is 5.73. The quantitative estimate of drug-likeness (QED) is 0.851. The van der Waals surface area contributed by atoms with Gasteiger partial charge in [-0.1, -0.05) is 6.07 Å².